The molecule has 0 N–H and O–H groups in total. The molecule has 0 aromatic heterocycles. The van der Waals surface area contributed by atoms with Gasteiger partial charge in [0.15, 0.2) is 6.79 Å². The van der Waals surface area contributed by atoms with Gasteiger partial charge in [0.2, 0.25) is 0 Å². The van der Waals surface area contributed by atoms with Gasteiger partial charge in [0.25, 0.3) is 5.69 Å². The van der Waals surface area contributed by atoms with Crippen molar-refractivity contribution < 1.29 is 14.4 Å². The normalized spacial score (nSPS) is 21.4. The number of nitrogens with zero attached hydrogens (tertiary/aromatic N) is 2. The summed E-state index contributed by atoms with van der Waals surface area (Å²) in [5.41, 5.74) is 2.07. The molecule has 0 unspecified atom stereocenters. The highest BCUT2D eigenvalue weighted by Crippen LogP contribution is 2.36. The van der Waals surface area contributed by atoms with Crippen LogP contribution in [0.1, 0.15) is 51.2 Å². The average Bonchev–Trinajstić information content (AvgIpc) is 2.92. The van der Waals surface area contributed by atoms with Gasteiger partial charge in [-0.3, -0.25) is 15.0 Å². The highest BCUT2D eigenvalue weighted by Gasteiger charge is 2.30. The van der Waals surface area contributed by atoms with Crippen molar-refractivity contribution >= 4 is 5.69 Å². The predicted octanol–water partition coefficient (Wildman–Crippen LogP) is 3.86. The quantitative estimate of drug-likeness (QED) is 0.618. The molecular weight excluding hydrogens is 308 g/mol. The smallest absolute Gasteiger partial charge is 0.270 e. The van der Waals surface area contributed by atoms with Crippen LogP contribution in [0.2, 0.25) is 0 Å². The molecule has 1 atom stereocenters. The Morgan fingerprint density at radius 2 is 2.17 bits per heavy atom. The minimum atomic E-state index is -0.338. The molecule has 0 radical (unpaired) electrons. The number of rotatable bonds is 4. The van der Waals surface area contributed by atoms with Gasteiger partial charge >= 0.3 is 0 Å². The predicted molar refractivity (Wildman–Crippen MR) is 90.9 cm³/mol. The first-order valence-electron chi connectivity index (χ1n) is 8.58. The maximum atomic E-state index is 11.2. The first-order chi connectivity index (χ1) is 11.3. The highest BCUT2D eigenvalue weighted by molar-refractivity contribution is 5.50. The third-order valence-corrected chi connectivity index (χ3v) is 4.70. The van der Waals surface area contributed by atoms with E-state index in [1.807, 2.05) is 0 Å². The zero-order valence-electron chi connectivity index (χ0n) is 14.7. The Morgan fingerprint density at radius 3 is 2.88 bits per heavy atom. The van der Waals surface area contributed by atoms with E-state index >= 15 is 0 Å². The second-order valence-electron chi connectivity index (χ2n) is 7.99. The summed E-state index contributed by atoms with van der Waals surface area (Å²) in [5.74, 6) is 0.772. The Morgan fingerprint density at radius 1 is 1.38 bits per heavy atom. The van der Waals surface area contributed by atoms with Crippen molar-refractivity contribution in [2.24, 2.45) is 5.41 Å². The molecule has 24 heavy (non-hydrogen) atoms. The SMILES string of the molecule is CC(C)(C)C[C@H]1CCCN1Cc1cc([N+](=O)[O-])cc2c1OCOC2. The van der Waals surface area contributed by atoms with E-state index < -0.39 is 0 Å². The van der Waals surface area contributed by atoms with E-state index in [0.717, 1.165) is 29.8 Å². The van der Waals surface area contributed by atoms with E-state index in [1.165, 1.54) is 12.8 Å². The molecule has 2 heterocycles. The Bertz CT molecular complexity index is 624. The molecule has 3 rings (SSSR count). The Kier molecular flexibility index (Phi) is 4.78. The van der Waals surface area contributed by atoms with Gasteiger partial charge in [0, 0.05) is 35.8 Å². The molecule has 1 fully saturated rings. The van der Waals surface area contributed by atoms with Gasteiger partial charge in [-0.25, -0.2) is 0 Å². The lowest BCUT2D eigenvalue weighted by molar-refractivity contribution is -0.385. The molecule has 1 aromatic rings. The van der Waals surface area contributed by atoms with Crippen LogP contribution in [-0.4, -0.2) is 29.2 Å². The number of fused-ring (bicyclic) bond motifs is 1. The largest absolute Gasteiger partial charge is 0.467 e. The Labute approximate surface area is 142 Å². The van der Waals surface area contributed by atoms with Crippen LogP contribution in [0, 0.1) is 15.5 Å². The molecule has 132 valence electrons. The molecule has 1 saturated heterocycles. The second-order valence-corrected chi connectivity index (χ2v) is 7.99. The van der Waals surface area contributed by atoms with Crippen molar-refractivity contribution in [1.82, 2.24) is 4.90 Å². The van der Waals surface area contributed by atoms with Gasteiger partial charge in [0.05, 0.1) is 11.5 Å². The van der Waals surface area contributed by atoms with Crippen LogP contribution in [-0.2, 0) is 17.9 Å². The number of hydrogen-bond donors (Lipinski definition) is 0. The molecule has 2 aliphatic rings. The Balaban J connectivity index is 1.85. The topological polar surface area (TPSA) is 64.8 Å². The second kappa shape index (κ2) is 6.69. The molecule has 0 spiro atoms. The number of non-ortho nitro benzene ring substituents is 1. The minimum Gasteiger partial charge on any atom is -0.467 e. The standard InChI is InChI=1S/C18H26N2O4/c1-18(2,3)9-15-5-4-6-19(15)10-13-7-16(20(21)22)8-14-11-23-12-24-17(13)14/h7-8,15H,4-6,9-12H2,1-3H3/t15-/m1/s1. The van der Waals surface area contributed by atoms with E-state index in [-0.39, 0.29) is 22.8 Å². The highest BCUT2D eigenvalue weighted by atomic mass is 16.7. The minimum absolute atomic E-state index is 0.115. The zero-order valence-corrected chi connectivity index (χ0v) is 14.7. The summed E-state index contributed by atoms with van der Waals surface area (Å²) in [6.45, 7) is 9.11. The maximum absolute atomic E-state index is 11.2. The summed E-state index contributed by atoms with van der Waals surface area (Å²) in [7, 11) is 0. The van der Waals surface area contributed by atoms with Crippen molar-refractivity contribution in [2.75, 3.05) is 13.3 Å². The number of likely N-dealkylation sites (tertiary alicyclic amines) is 1. The third-order valence-electron chi connectivity index (χ3n) is 4.70. The fourth-order valence-corrected chi connectivity index (χ4v) is 3.76. The van der Waals surface area contributed by atoms with Crippen LogP contribution in [0.15, 0.2) is 12.1 Å². The van der Waals surface area contributed by atoms with Crippen LogP contribution < -0.4 is 4.74 Å². The number of nitro benzene ring substituents is 1. The van der Waals surface area contributed by atoms with E-state index in [1.54, 1.807) is 12.1 Å². The molecule has 0 saturated carbocycles. The Hall–Kier alpha value is -1.66. The summed E-state index contributed by atoms with van der Waals surface area (Å²) in [6.07, 6.45) is 3.51. The van der Waals surface area contributed by atoms with Crippen molar-refractivity contribution in [3.8, 4) is 5.75 Å². The third kappa shape index (κ3) is 3.87. The van der Waals surface area contributed by atoms with Gasteiger partial charge < -0.3 is 9.47 Å². The lowest BCUT2D eigenvalue weighted by Gasteiger charge is -2.31. The van der Waals surface area contributed by atoms with Gasteiger partial charge in [0.1, 0.15) is 5.75 Å². The first-order valence-corrected chi connectivity index (χ1v) is 8.58. The van der Waals surface area contributed by atoms with E-state index in [0.29, 0.717) is 19.2 Å². The maximum Gasteiger partial charge on any atom is 0.270 e. The van der Waals surface area contributed by atoms with Gasteiger partial charge in [-0.2, -0.15) is 0 Å². The van der Waals surface area contributed by atoms with Crippen LogP contribution in [0.5, 0.6) is 5.75 Å². The monoisotopic (exact) mass is 334 g/mol. The lowest BCUT2D eigenvalue weighted by atomic mass is 9.87. The molecule has 0 amide bonds. The molecule has 6 nitrogen and oxygen atoms in total. The molecule has 0 bridgehead atoms. The number of benzene rings is 1. The summed E-state index contributed by atoms with van der Waals surface area (Å²) in [4.78, 5) is 13.3. The first kappa shape index (κ1) is 17.2. The average molecular weight is 334 g/mol. The van der Waals surface area contributed by atoms with E-state index in [9.17, 15) is 10.1 Å². The number of ether oxygens (including phenoxy) is 2. The zero-order chi connectivity index (χ0) is 17.3. The van der Waals surface area contributed by atoms with Crippen molar-refractivity contribution in [3.63, 3.8) is 0 Å². The molecule has 2 aliphatic heterocycles. The molecular formula is C18H26N2O4. The van der Waals surface area contributed by atoms with Crippen LogP contribution in [0.25, 0.3) is 0 Å². The van der Waals surface area contributed by atoms with Crippen LogP contribution in [0.3, 0.4) is 0 Å². The van der Waals surface area contributed by atoms with Gasteiger partial charge in [-0.15, -0.1) is 0 Å². The van der Waals surface area contributed by atoms with Crippen LogP contribution in [0.4, 0.5) is 5.69 Å². The van der Waals surface area contributed by atoms with Gasteiger partial charge in [-0.05, 0) is 31.2 Å². The van der Waals surface area contributed by atoms with Crippen LogP contribution >= 0.6 is 0 Å². The van der Waals surface area contributed by atoms with Crippen molar-refractivity contribution in [1.29, 1.82) is 0 Å². The fraction of sp³-hybridized carbons (Fsp3) is 0.667. The summed E-state index contributed by atoms with van der Waals surface area (Å²) < 4.78 is 10.9. The number of hydrogen-bond acceptors (Lipinski definition) is 5. The van der Waals surface area contributed by atoms with Gasteiger partial charge in [-0.1, -0.05) is 20.8 Å². The summed E-state index contributed by atoms with van der Waals surface area (Å²) in [5, 5.41) is 11.2. The molecule has 6 heteroatoms. The molecule has 0 aliphatic carbocycles. The molecule has 1 aromatic carbocycles. The van der Waals surface area contributed by atoms with Crippen molar-refractivity contribution in [3.05, 3.63) is 33.4 Å². The fourth-order valence-electron chi connectivity index (χ4n) is 3.76. The number of nitro groups is 1. The van der Waals surface area contributed by atoms with E-state index in [4.69, 9.17) is 9.47 Å². The van der Waals surface area contributed by atoms with E-state index in [2.05, 4.69) is 25.7 Å². The van der Waals surface area contributed by atoms with Crippen molar-refractivity contribution in [2.45, 2.75) is 59.2 Å². The lowest BCUT2D eigenvalue weighted by Crippen LogP contribution is -2.32. The summed E-state index contributed by atoms with van der Waals surface area (Å²) >= 11 is 0. The summed E-state index contributed by atoms with van der Waals surface area (Å²) in [6, 6.07) is 3.75.